The van der Waals surface area contributed by atoms with E-state index >= 15 is 0 Å². The van der Waals surface area contributed by atoms with E-state index in [0.29, 0.717) is 12.2 Å². The lowest BCUT2D eigenvalue weighted by molar-refractivity contribution is 0.0607. The molecule has 0 aliphatic rings. The van der Waals surface area contributed by atoms with E-state index in [1.165, 1.54) is 13.2 Å². The minimum Gasteiger partial charge on any atom is -0.478 e. The van der Waals surface area contributed by atoms with Crippen LogP contribution in [0.2, 0.25) is 5.15 Å². The predicted octanol–water partition coefficient (Wildman–Crippen LogP) is 2.07. The molecule has 0 atom stereocenters. The van der Waals surface area contributed by atoms with E-state index in [4.69, 9.17) is 16.3 Å². The monoisotopic (exact) mass is 458 g/mol. The Kier molecular flexibility index (Phi) is 6.00. The molecule has 0 amide bonds. The zero-order valence-corrected chi connectivity index (χ0v) is 17.8. The number of carbonyl (C=O) groups is 1. The number of ether oxygens (including phenoxy) is 2. The Morgan fingerprint density at radius 3 is 2.83 bits per heavy atom. The fourth-order valence-electron chi connectivity index (χ4n) is 2.17. The summed E-state index contributed by atoms with van der Waals surface area (Å²) in [6.07, 6.45) is 1.12. The van der Waals surface area contributed by atoms with E-state index in [1.54, 1.807) is 19.2 Å². The summed E-state index contributed by atoms with van der Waals surface area (Å²) in [6.45, 7) is 3.79. The lowest BCUT2D eigenvalue weighted by atomic mass is 10.3. The van der Waals surface area contributed by atoms with Crippen molar-refractivity contribution in [3.05, 3.63) is 33.4 Å². The second-order valence-corrected chi connectivity index (χ2v) is 8.30. The molecule has 3 rings (SSSR count). The van der Waals surface area contributed by atoms with Crippen molar-refractivity contribution in [2.75, 3.05) is 18.4 Å². The van der Waals surface area contributed by atoms with Crippen molar-refractivity contribution in [2.45, 2.75) is 19.0 Å². The molecule has 3 heterocycles. The Morgan fingerprint density at radius 2 is 2.14 bits per heavy atom. The molecule has 3 aromatic rings. The summed E-state index contributed by atoms with van der Waals surface area (Å²) in [5.74, 6) is -0.468. The molecule has 0 radical (unpaired) electrons. The topological polar surface area (TPSA) is 138 Å². The van der Waals surface area contributed by atoms with Gasteiger partial charge in [0.05, 0.1) is 19.4 Å². The van der Waals surface area contributed by atoms with Crippen LogP contribution in [0.1, 0.15) is 22.2 Å². The summed E-state index contributed by atoms with van der Waals surface area (Å²) in [7, 11) is -2.99. The van der Waals surface area contributed by atoms with Gasteiger partial charge in [-0.15, -0.1) is 16.4 Å². The number of rotatable bonds is 7. The first-order valence-electron chi connectivity index (χ1n) is 8.03. The van der Waals surface area contributed by atoms with Gasteiger partial charge in [0.1, 0.15) is 16.4 Å². The number of aryl methyl sites for hydroxylation is 1. The number of nitrogens with one attached hydrogen (secondary N) is 1. The van der Waals surface area contributed by atoms with E-state index in [1.807, 2.05) is 0 Å². The van der Waals surface area contributed by atoms with Crippen LogP contribution in [0.3, 0.4) is 0 Å². The molecule has 0 saturated carbocycles. The molecule has 11 nitrogen and oxygen atoms in total. The number of aromatic nitrogens is 5. The van der Waals surface area contributed by atoms with Crippen molar-refractivity contribution in [2.24, 2.45) is 0 Å². The summed E-state index contributed by atoms with van der Waals surface area (Å²) in [5, 5.41) is 5.08. The largest absolute Gasteiger partial charge is 0.478 e. The highest BCUT2D eigenvalue weighted by atomic mass is 35.5. The number of esters is 1. The number of nitrogens with zero attached hydrogens (tertiary/aromatic N) is 5. The second-order valence-electron chi connectivity index (χ2n) is 5.45. The number of sulfonamides is 1. The molecule has 0 saturated heterocycles. The Labute approximate surface area is 174 Å². The van der Waals surface area contributed by atoms with Crippen LogP contribution >= 0.6 is 22.9 Å². The summed E-state index contributed by atoms with van der Waals surface area (Å²) in [5.41, 5.74) is 0.661. The molecule has 3 aromatic heterocycles. The van der Waals surface area contributed by atoms with Gasteiger partial charge in [0.25, 0.3) is 21.1 Å². The molecule has 29 heavy (non-hydrogen) atoms. The molecule has 0 aliphatic carbocycles. The van der Waals surface area contributed by atoms with Crippen LogP contribution in [0.25, 0.3) is 5.95 Å². The number of methoxy groups -OCH3 is 1. The summed E-state index contributed by atoms with van der Waals surface area (Å²) in [6, 6.07) is 1.42. The van der Waals surface area contributed by atoms with E-state index in [9.17, 15) is 13.2 Å². The van der Waals surface area contributed by atoms with Crippen LogP contribution in [0.15, 0.2) is 22.9 Å². The molecule has 0 aliphatic heterocycles. The normalized spacial score (nSPS) is 11.3. The summed E-state index contributed by atoms with van der Waals surface area (Å²) < 4.78 is 38.7. The fraction of sp³-hybridized carbons (Fsp3) is 0.267. The van der Waals surface area contributed by atoms with E-state index in [2.05, 4.69) is 29.5 Å². The molecule has 0 spiro atoms. The number of hydrogen-bond acceptors (Lipinski definition) is 10. The molecule has 0 bridgehead atoms. The van der Waals surface area contributed by atoms with Crippen molar-refractivity contribution in [1.82, 2.24) is 24.7 Å². The van der Waals surface area contributed by atoms with Crippen molar-refractivity contribution in [3.8, 4) is 11.8 Å². The standard InChI is InChI=1S/C15H15ClN6O5S2/c1-4-27-10-5-9(16)18-14(19-10)22-7-17-15(20-22)29(24,25)21-11-8(2)6-28-12(11)13(23)26-3/h5-7,21H,4H2,1-3H3. The Morgan fingerprint density at radius 1 is 1.38 bits per heavy atom. The average Bonchev–Trinajstić information content (AvgIpc) is 3.29. The lowest BCUT2D eigenvalue weighted by Crippen LogP contribution is -2.17. The summed E-state index contributed by atoms with van der Waals surface area (Å²) in [4.78, 5) is 23.8. The quantitative estimate of drug-likeness (QED) is 0.416. The van der Waals surface area contributed by atoms with Crippen LogP contribution in [-0.2, 0) is 14.8 Å². The number of halogens is 1. The number of hydrogen-bond donors (Lipinski definition) is 1. The minimum absolute atomic E-state index is 0.0168. The lowest BCUT2D eigenvalue weighted by Gasteiger charge is -2.07. The van der Waals surface area contributed by atoms with Gasteiger partial charge in [0.15, 0.2) is 0 Å². The fourth-order valence-corrected chi connectivity index (χ4v) is 4.33. The Bertz CT molecular complexity index is 1160. The van der Waals surface area contributed by atoms with Gasteiger partial charge in [-0.25, -0.2) is 9.78 Å². The van der Waals surface area contributed by atoms with Gasteiger partial charge in [-0.2, -0.15) is 23.1 Å². The van der Waals surface area contributed by atoms with Gasteiger partial charge in [-0.3, -0.25) is 4.72 Å². The van der Waals surface area contributed by atoms with E-state index in [0.717, 1.165) is 22.3 Å². The van der Waals surface area contributed by atoms with Crippen LogP contribution in [-0.4, -0.2) is 52.8 Å². The van der Waals surface area contributed by atoms with Crippen molar-refractivity contribution in [1.29, 1.82) is 0 Å². The highest BCUT2D eigenvalue weighted by molar-refractivity contribution is 7.92. The zero-order valence-electron chi connectivity index (χ0n) is 15.4. The predicted molar refractivity (Wildman–Crippen MR) is 104 cm³/mol. The smallest absolute Gasteiger partial charge is 0.350 e. The highest BCUT2D eigenvalue weighted by Gasteiger charge is 2.26. The molecule has 0 unspecified atom stereocenters. The third-order valence-electron chi connectivity index (χ3n) is 3.45. The molecule has 0 aromatic carbocycles. The van der Waals surface area contributed by atoms with Crippen molar-refractivity contribution < 1.29 is 22.7 Å². The van der Waals surface area contributed by atoms with Gasteiger partial charge in [0, 0.05) is 6.07 Å². The maximum atomic E-state index is 12.7. The molecular formula is C15H15ClN6O5S2. The zero-order chi connectivity index (χ0) is 21.2. The van der Waals surface area contributed by atoms with E-state index in [-0.39, 0.29) is 27.5 Å². The number of carbonyl (C=O) groups excluding carboxylic acids is 1. The number of anilines is 1. The SMILES string of the molecule is CCOc1cc(Cl)nc(-n2cnc(S(=O)(=O)Nc3c(C)csc3C(=O)OC)n2)n1. The Hall–Kier alpha value is -2.77. The van der Waals surface area contributed by atoms with E-state index < -0.39 is 21.1 Å². The molecule has 14 heteroatoms. The molecule has 154 valence electrons. The first-order chi connectivity index (χ1) is 13.7. The maximum Gasteiger partial charge on any atom is 0.350 e. The van der Waals surface area contributed by atoms with Crippen molar-refractivity contribution in [3.63, 3.8) is 0 Å². The third kappa shape index (κ3) is 4.46. The summed E-state index contributed by atoms with van der Waals surface area (Å²) >= 11 is 7.00. The first kappa shape index (κ1) is 21.0. The average molecular weight is 459 g/mol. The second kappa shape index (κ2) is 8.31. The first-order valence-corrected chi connectivity index (χ1v) is 10.8. The Balaban J connectivity index is 1.93. The molecule has 0 fully saturated rings. The highest BCUT2D eigenvalue weighted by Crippen LogP contribution is 2.30. The van der Waals surface area contributed by atoms with Gasteiger partial charge in [-0.05, 0) is 24.8 Å². The van der Waals surface area contributed by atoms with Crippen LogP contribution in [0, 0.1) is 6.92 Å². The van der Waals surface area contributed by atoms with Gasteiger partial charge >= 0.3 is 5.97 Å². The maximum absolute atomic E-state index is 12.7. The van der Waals surface area contributed by atoms with Crippen molar-refractivity contribution >= 4 is 44.6 Å². The van der Waals surface area contributed by atoms with Gasteiger partial charge in [0.2, 0.25) is 5.88 Å². The van der Waals surface area contributed by atoms with Crippen LogP contribution < -0.4 is 9.46 Å². The third-order valence-corrected chi connectivity index (χ3v) is 5.86. The van der Waals surface area contributed by atoms with Crippen LogP contribution in [0.5, 0.6) is 5.88 Å². The van der Waals surface area contributed by atoms with Crippen LogP contribution in [0.4, 0.5) is 5.69 Å². The van der Waals surface area contributed by atoms with Gasteiger partial charge in [-0.1, -0.05) is 11.6 Å². The molecular weight excluding hydrogens is 444 g/mol. The molecule has 1 N–H and O–H groups in total. The number of thiophene rings is 1. The minimum atomic E-state index is -4.20. The van der Waals surface area contributed by atoms with Gasteiger partial charge < -0.3 is 9.47 Å².